The van der Waals surface area contributed by atoms with Crippen molar-refractivity contribution < 1.29 is 24.5 Å². The summed E-state index contributed by atoms with van der Waals surface area (Å²) < 4.78 is 11.5. The molecule has 7 nitrogen and oxygen atoms in total. The van der Waals surface area contributed by atoms with E-state index < -0.39 is 5.43 Å². The van der Waals surface area contributed by atoms with Crippen LogP contribution in [0.15, 0.2) is 45.6 Å². The summed E-state index contributed by atoms with van der Waals surface area (Å²) in [6, 6.07) is 8.36. The number of benzene rings is 2. The molecule has 29 heavy (non-hydrogen) atoms. The first-order chi connectivity index (χ1) is 13.5. The number of phenols is 3. The number of halogens is 1. The summed E-state index contributed by atoms with van der Waals surface area (Å²) in [6.07, 6.45) is 2.41. The highest BCUT2D eigenvalue weighted by molar-refractivity contribution is 5.86. The minimum Gasteiger partial charge on any atom is -0.507 e. The van der Waals surface area contributed by atoms with Crippen LogP contribution < -0.4 is 10.2 Å². The number of fused-ring (bicyclic) bond motifs is 1. The van der Waals surface area contributed by atoms with E-state index in [-0.39, 0.29) is 46.4 Å². The first-order valence-corrected chi connectivity index (χ1v) is 9.19. The Morgan fingerprint density at radius 2 is 1.72 bits per heavy atom. The number of hydrogen-bond acceptors (Lipinski definition) is 7. The van der Waals surface area contributed by atoms with Crippen LogP contribution in [0.1, 0.15) is 12.8 Å². The molecule has 3 N–H and O–H groups in total. The van der Waals surface area contributed by atoms with Crippen molar-refractivity contribution >= 4 is 23.4 Å². The van der Waals surface area contributed by atoms with Gasteiger partial charge in [-0.15, -0.1) is 12.4 Å². The van der Waals surface area contributed by atoms with Crippen LogP contribution >= 0.6 is 12.4 Å². The summed E-state index contributed by atoms with van der Waals surface area (Å²) in [7, 11) is 0. The number of nitrogens with zero attached hydrogens (tertiary/aromatic N) is 1. The Hall–Kier alpha value is -2.90. The smallest absolute Gasteiger partial charge is 0.197 e. The lowest BCUT2D eigenvalue weighted by Gasteiger charge is -2.15. The number of phenolic OH excluding ortho intramolecular Hbond substituents is 3. The van der Waals surface area contributed by atoms with Gasteiger partial charge in [0.1, 0.15) is 34.8 Å². The van der Waals surface area contributed by atoms with Gasteiger partial charge >= 0.3 is 0 Å². The van der Waals surface area contributed by atoms with Crippen molar-refractivity contribution in [2.45, 2.75) is 12.8 Å². The Bertz CT molecular complexity index is 1070. The topological polar surface area (TPSA) is 103 Å². The molecule has 0 atom stereocenters. The molecular weight excluding hydrogens is 398 g/mol. The summed E-state index contributed by atoms with van der Waals surface area (Å²) >= 11 is 0. The van der Waals surface area contributed by atoms with E-state index in [9.17, 15) is 20.1 Å². The quantitative estimate of drug-likeness (QED) is 0.544. The number of rotatable bonds is 5. The molecule has 1 aliphatic heterocycles. The van der Waals surface area contributed by atoms with E-state index >= 15 is 0 Å². The lowest BCUT2D eigenvalue weighted by atomic mass is 10.1. The highest BCUT2D eigenvalue weighted by Gasteiger charge is 2.15. The number of ether oxygens (including phenoxy) is 1. The predicted molar refractivity (Wildman–Crippen MR) is 111 cm³/mol. The average Bonchev–Trinajstić information content (AvgIpc) is 3.17. The molecule has 0 amide bonds. The minimum absolute atomic E-state index is 0. The fraction of sp³-hybridized carbons (Fsp3) is 0.286. The second-order valence-corrected chi connectivity index (χ2v) is 6.89. The summed E-state index contributed by atoms with van der Waals surface area (Å²) in [5, 5.41) is 29.5. The van der Waals surface area contributed by atoms with Gasteiger partial charge in [0.25, 0.3) is 0 Å². The number of likely N-dealkylation sites (tertiary alicyclic amines) is 1. The maximum absolute atomic E-state index is 12.5. The fourth-order valence-corrected chi connectivity index (χ4v) is 3.44. The van der Waals surface area contributed by atoms with E-state index in [1.807, 2.05) is 0 Å². The zero-order chi connectivity index (χ0) is 19.7. The second-order valence-electron chi connectivity index (χ2n) is 6.89. The Morgan fingerprint density at radius 1 is 0.966 bits per heavy atom. The van der Waals surface area contributed by atoms with Gasteiger partial charge in [0.15, 0.2) is 16.9 Å². The van der Waals surface area contributed by atoms with Gasteiger partial charge in [-0.1, -0.05) is 0 Å². The van der Waals surface area contributed by atoms with Gasteiger partial charge in [-0.3, -0.25) is 9.69 Å². The molecule has 1 aromatic heterocycles. The van der Waals surface area contributed by atoms with Gasteiger partial charge < -0.3 is 24.5 Å². The van der Waals surface area contributed by atoms with E-state index in [2.05, 4.69) is 4.90 Å². The first kappa shape index (κ1) is 20.8. The van der Waals surface area contributed by atoms with Crippen LogP contribution in [0.25, 0.3) is 22.3 Å². The highest BCUT2D eigenvalue weighted by Crippen LogP contribution is 2.34. The molecular formula is C21H22ClNO6. The molecule has 1 saturated heterocycles. The van der Waals surface area contributed by atoms with Crippen molar-refractivity contribution in [2.24, 2.45) is 0 Å². The summed E-state index contributed by atoms with van der Waals surface area (Å²) in [5.41, 5.74) is 0.199. The number of hydrogen-bond donors (Lipinski definition) is 3. The summed E-state index contributed by atoms with van der Waals surface area (Å²) in [6.45, 7) is 3.42. The molecule has 154 valence electrons. The Balaban J connectivity index is 0.00000240. The Labute approximate surface area is 173 Å². The third kappa shape index (κ3) is 4.41. The van der Waals surface area contributed by atoms with Crippen molar-refractivity contribution in [3.05, 3.63) is 46.6 Å². The lowest BCUT2D eigenvalue weighted by Crippen LogP contribution is -2.25. The van der Waals surface area contributed by atoms with Crippen LogP contribution in [0.3, 0.4) is 0 Å². The van der Waals surface area contributed by atoms with Gasteiger partial charge in [0.2, 0.25) is 0 Å². The van der Waals surface area contributed by atoms with E-state index in [1.54, 1.807) is 6.07 Å². The van der Waals surface area contributed by atoms with Crippen molar-refractivity contribution in [1.29, 1.82) is 0 Å². The molecule has 0 radical (unpaired) electrons. The lowest BCUT2D eigenvalue weighted by molar-refractivity contribution is 0.237. The summed E-state index contributed by atoms with van der Waals surface area (Å²) in [4.78, 5) is 14.8. The third-order valence-electron chi connectivity index (χ3n) is 4.92. The van der Waals surface area contributed by atoms with Crippen LogP contribution in [-0.2, 0) is 0 Å². The van der Waals surface area contributed by atoms with Crippen molar-refractivity contribution in [3.8, 4) is 34.3 Å². The SMILES string of the molecule is Cl.O=c1cc(-c2ccc(O)c(O)c2)oc2cc(OCCN3CCCC3)cc(O)c12. The molecule has 0 aliphatic carbocycles. The van der Waals surface area contributed by atoms with E-state index in [0.29, 0.717) is 17.9 Å². The average molecular weight is 420 g/mol. The molecule has 0 saturated carbocycles. The molecule has 4 rings (SSSR count). The zero-order valence-electron chi connectivity index (χ0n) is 15.6. The van der Waals surface area contributed by atoms with E-state index in [4.69, 9.17) is 9.15 Å². The van der Waals surface area contributed by atoms with Crippen molar-refractivity contribution in [1.82, 2.24) is 4.90 Å². The van der Waals surface area contributed by atoms with Gasteiger partial charge in [-0.05, 0) is 44.1 Å². The second kappa shape index (κ2) is 8.63. The minimum atomic E-state index is -0.412. The van der Waals surface area contributed by atoms with Crippen molar-refractivity contribution in [3.63, 3.8) is 0 Å². The predicted octanol–water partition coefficient (Wildman–Crippen LogP) is 3.47. The molecule has 2 aromatic carbocycles. The summed E-state index contributed by atoms with van der Waals surface area (Å²) in [5.74, 6) is -0.165. The molecule has 3 aromatic rings. The van der Waals surface area contributed by atoms with Crippen molar-refractivity contribution in [2.75, 3.05) is 26.2 Å². The normalized spacial score (nSPS) is 14.1. The van der Waals surface area contributed by atoms with Gasteiger partial charge in [-0.25, -0.2) is 0 Å². The zero-order valence-corrected chi connectivity index (χ0v) is 16.4. The third-order valence-corrected chi connectivity index (χ3v) is 4.92. The molecule has 1 fully saturated rings. The molecule has 0 unspecified atom stereocenters. The first-order valence-electron chi connectivity index (χ1n) is 9.19. The standard InChI is InChI=1S/C21H21NO6.ClH/c23-15-4-3-13(9-16(15)24)19-12-18(26)21-17(25)10-14(11-20(21)28-19)27-8-7-22-5-1-2-6-22;/h3-4,9-12,23-25H,1-2,5-8H2;1H. The molecule has 1 aliphatic rings. The Morgan fingerprint density at radius 3 is 2.45 bits per heavy atom. The maximum Gasteiger partial charge on any atom is 0.197 e. The van der Waals surface area contributed by atoms with Gasteiger partial charge in [-0.2, -0.15) is 0 Å². The Kier molecular flexibility index (Phi) is 6.20. The van der Waals surface area contributed by atoms with Gasteiger partial charge in [0.05, 0.1) is 0 Å². The highest BCUT2D eigenvalue weighted by atomic mass is 35.5. The number of aromatic hydroxyl groups is 3. The van der Waals surface area contributed by atoms with Crippen LogP contribution in [0.5, 0.6) is 23.0 Å². The van der Waals surface area contributed by atoms with E-state index in [1.165, 1.54) is 43.2 Å². The molecule has 0 bridgehead atoms. The molecule has 2 heterocycles. The van der Waals surface area contributed by atoms with Crippen LogP contribution in [0.4, 0.5) is 0 Å². The largest absolute Gasteiger partial charge is 0.507 e. The monoisotopic (exact) mass is 419 g/mol. The molecule has 0 spiro atoms. The van der Waals surface area contributed by atoms with Gasteiger partial charge in [0, 0.05) is 30.3 Å². The molecule has 8 heteroatoms. The fourth-order valence-electron chi connectivity index (χ4n) is 3.44. The van der Waals surface area contributed by atoms with Crippen LogP contribution in [-0.4, -0.2) is 46.5 Å². The van der Waals surface area contributed by atoms with Crippen LogP contribution in [0, 0.1) is 0 Å². The maximum atomic E-state index is 12.5. The van der Waals surface area contributed by atoms with E-state index in [0.717, 1.165) is 19.6 Å². The van der Waals surface area contributed by atoms with Crippen LogP contribution in [0.2, 0.25) is 0 Å².